The zero-order valence-electron chi connectivity index (χ0n) is 8.68. The van der Waals surface area contributed by atoms with Crippen molar-refractivity contribution in [2.45, 2.75) is 13.3 Å². The van der Waals surface area contributed by atoms with E-state index in [4.69, 9.17) is 0 Å². The van der Waals surface area contributed by atoms with Crippen LogP contribution in [0.25, 0.3) is 11.0 Å². The number of H-pyrrole nitrogens is 1. The number of rotatable bonds is 4. The van der Waals surface area contributed by atoms with Crippen LogP contribution in [-0.2, 0) is 6.42 Å². The zero-order chi connectivity index (χ0) is 10.7. The first-order chi connectivity index (χ1) is 7.29. The first kappa shape index (κ1) is 10.6. The van der Waals surface area contributed by atoms with Crippen LogP contribution in [0.3, 0.4) is 0 Å². The summed E-state index contributed by atoms with van der Waals surface area (Å²) in [5.74, 6) is 1.05. The lowest BCUT2D eigenvalue weighted by Gasteiger charge is -1.96. The molecule has 0 unspecified atom stereocenters. The van der Waals surface area contributed by atoms with Crippen LogP contribution >= 0.6 is 15.9 Å². The van der Waals surface area contributed by atoms with Gasteiger partial charge in [0.1, 0.15) is 5.82 Å². The molecule has 1 aromatic carbocycles. The number of aromatic amines is 1. The van der Waals surface area contributed by atoms with Crippen molar-refractivity contribution in [2.24, 2.45) is 0 Å². The van der Waals surface area contributed by atoms with Crippen LogP contribution in [0, 0.1) is 0 Å². The van der Waals surface area contributed by atoms with Gasteiger partial charge in [0.2, 0.25) is 0 Å². The summed E-state index contributed by atoms with van der Waals surface area (Å²) >= 11 is 3.45. The van der Waals surface area contributed by atoms with Crippen molar-refractivity contribution in [2.75, 3.05) is 13.1 Å². The third-order valence-electron chi connectivity index (χ3n) is 2.28. The Morgan fingerprint density at radius 1 is 1.47 bits per heavy atom. The monoisotopic (exact) mass is 267 g/mol. The number of aromatic nitrogens is 2. The van der Waals surface area contributed by atoms with Gasteiger partial charge in [-0.1, -0.05) is 22.9 Å². The number of benzene rings is 1. The molecule has 0 amide bonds. The Bertz CT molecular complexity index is 450. The molecule has 2 aromatic rings. The van der Waals surface area contributed by atoms with E-state index >= 15 is 0 Å². The van der Waals surface area contributed by atoms with Gasteiger partial charge in [-0.05, 0) is 24.7 Å². The zero-order valence-corrected chi connectivity index (χ0v) is 10.3. The topological polar surface area (TPSA) is 40.7 Å². The minimum atomic E-state index is 0.945. The van der Waals surface area contributed by atoms with Gasteiger partial charge < -0.3 is 10.3 Å². The highest BCUT2D eigenvalue weighted by Gasteiger charge is 2.02. The molecule has 2 rings (SSSR count). The second-order valence-corrected chi connectivity index (χ2v) is 4.36. The molecular formula is C11H14BrN3. The quantitative estimate of drug-likeness (QED) is 0.836. The maximum atomic E-state index is 4.51. The molecule has 4 heteroatoms. The van der Waals surface area contributed by atoms with Gasteiger partial charge >= 0.3 is 0 Å². The van der Waals surface area contributed by atoms with Crippen LogP contribution in [-0.4, -0.2) is 23.1 Å². The van der Waals surface area contributed by atoms with Gasteiger partial charge in [0, 0.05) is 17.4 Å². The lowest BCUT2D eigenvalue weighted by molar-refractivity contribution is 0.702. The summed E-state index contributed by atoms with van der Waals surface area (Å²) in [5, 5.41) is 3.28. The molecule has 1 aromatic heterocycles. The van der Waals surface area contributed by atoms with Crippen molar-refractivity contribution >= 4 is 27.0 Å². The molecule has 0 spiro atoms. The van der Waals surface area contributed by atoms with Gasteiger partial charge in [-0.2, -0.15) is 0 Å². The highest BCUT2D eigenvalue weighted by atomic mass is 79.9. The Morgan fingerprint density at radius 3 is 3.13 bits per heavy atom. The minimum Gasteiger partial charge on any atom is -0.342 e. The van der Waals surface area contributed by atoms with Crippen molar-refractivity contribution < 1.29 is 0 Å². The van der Waals surface area contributed by atoms with Crippen molar-refractivity contribution in [1.29, 1.82) is 0 Å². The average molecular weight is 268 g/mol. The largest absolute Gasteiger partial charge is 0.342 e. The predicted molar refractivity (Wildman–Crippen MR) is 66.0 cm³/mol. The fraction of sp³-hybridized carbons (Fsp3) is 0.364. The summed E-state index contributed by atoms with van der Waals surface area (Å²) in [6.07, 6.45) is 0.945. The average Bonchev–Trinajstić information content (AvgIpc) is 2.60. The molecule has 0 aliphatic heterocycles. The number of halogens is 1. The number of hydrogen-bond acceptors (Lipinski definition) is 2. The van der Waals surface area contributed by atoms with E-state index in [0.717, 1.165) is 40.8 Å². The van der Waals surface area contributed by atoms with Crippen LogP contribution in [0.2, 0.25) is 0 Å². The number of nitrogens with one attached hydrogen (secondary N) is 2. The third kappa shape index (κ3) is 2.58. The Hall–Kier alpha value is -0.870. The number of fused-ring (bicyclic) bond motifs is 1. The SMILES string of the molecule is CCNCCc1nc2ccc(Br)cc2[nH]1. The fourth-order valence-electron chi connectivity index (χ4n) is 1.54. The highest BCUT2D eigenvalue weighted by molar-refractivity contribution is 9.10. The van der Waals surface area contributed by atoms with Crippen molar-refractivity contribution in [1.82, 2.24) is 15.3 Å². The van der Waals surface area contributed by atoms with E-state index in [-0.39, 0.29) is 0 Å². The first-order valence-corrected chi connectivity index (χ1v) is 5.93. The van der Waals surface area contributed by atoms with Gasteiger partial charge in [-0.3, -0.25) is 0 Å². The van der Waals surface area contributed by atoms with Gasteiger partial charge in [-0.25, -0.2) is 4.98 Å². The van der Waals surface area contributed by atoms with E-state index < -0.39 is 0 Å². The molecule has 0 fully saturated rings. The van der Waals surface area contributed by atoms with Crippen LogP contribution in [0.5, 0.6) is 0 Å². The Morgan fingerprint density at radius 2 is 2.33 bits per heavy atom. The Labute approximate surface area is 97.4 Å². The Kier molecular flexibility index (Phi) is 3.38. The molecular weight excluding hydrogens is 254 g/mol. The van der Waals surface area contributed by atoms with Crippen LogP contribution in [0.15, 0.2) is 22.7 Å². The van der Waals surface area contributed by atoms with Gasteiger partial charge in [0.05, 0.1) is 11.0 Å². The van der Waals surface area contributed by atoms with E-state index in [1.165, 1.54) is 0 Å². The summed E-state index contributed by atoms with van der Waals surface area (Å²) in [4.78, 5) is 7.82. The van der Waals surface area contributed by atoms with Gasteiger partial charge in [0.25, 0.3) is 0 Å². The third-order valence-corrected chi connectivity index (χ3v) is 2.77. The van der Waals surface area contributed by atoms with Crippen LogP contribution in [0.1, 0.15) is 12.7 Å². The lowest BCUT2D eigenvalue weighted by Crippen LogP contribution is -2.16. The predicted octanol–water partition coefficient (Wildman–Crippen LogP) is 2.48. The van der Waals surface area contributed by atoms with E-state index in [1.807, 2.05) is 12.1 Å². The van der Waals surface area contributed by atoms with E-state index in [2.05, 4.69) is 44.2 Å². The summed E-state index contributed by atoms with van der Waals surface area (Å²) in [6.45, 7) is 4.08. The summed E-state index contributed by atoms with van der Waals surface area (Å²) < 4.78 is 1.08. The van der Waals surface area contributed by atoms with Gasteiger partial charge in [0.15, 0.2) is 0 Å². The second-order valence-electron chi connectivity index (χ2n) is 3.45. The summed E-state index contributed by atoms with van der Waals surface area (Å²) in [7, 11) is 0. The van der Waals surface area contributed by atoms with Crippen LogP contribution in [0.4, 0.5) is 0 Å². The number of nitrogens with zero attached hydrogens (tertiary/aromatic N) is 1. The number of likely N-dealkylation sites (N-methyl/N-ethyl adjacent to an activating group) is 1. The summed E-state index contributed by atoms with van der Waals surface area (Å²) in [5.41, 5.74) is 2.13. The molecule has 0 atom stereocenters. The molecule has 0 saturated carbocycles. The van der Waals surface area contributed by atoms with E-state index in [1.54, 1.807) is 0 Å². The Balaban J connectivity index is 2.16. The molecule has 3 nitrogen and oxygen atoms in total. The van der Waals surface area contributed by atoms with Crippen LogP contribution < -0.4 is 5.32 Å². The number of imidazole rings is 1. The maximum absolute atomic E-state index is 4.51. The molecule has 0 radical (unpaired) electrons. The standard InChI is InChI=1S/C11H14BrN3/c1-2-13-6-5-11-14-9-4-3-8(12)7-10(9)15-11/h3-4,7,13H,2,5-6H2,1H3,(H,14,15). The second kappa shape index (κ2) is 4.77. The van der Waals surface area contributed by atoms with E-state index in [0.29, 0.717) is 0 Å². The van der Waals surface area contributed by atoms with E-state index in [9.17, 15) is 0 Å². The highest BCUT2D eigenvalue weighted by Crippen LogP contribution is 2.17. The molecule has 15 heavy (non-hydrogen) atoms. The molecule has 80 valence electrons. The van der Waals surface area contributed by atoms with Gasteiger partial charge in [-0.15, -0.1) is 0 Å². The number of hydrogen-bond donors (Lipinski definition) is 2. The van der Waals surface area contributed by atoms with Crippen molar-refractivity contribution in [3.63, 3.8) is 0 Å². The molecule has 0 bridgehead atoms. The normalized spacial score (nSPS) is 11.1. The molecule has 0 aliphatic rings. The molecule has 0 aliphatic carbocycles. The first-order valence-electron chi connectivity index (χ1n) is 5.14. The lowest BCUT2D eigenvalue weighted by atomic mass is 10.3. The minimum absolute atomic E-state index is 0.945. The summed E-state index contributed by atoms with van der Waals surface area (Å²) in [6, 6.07) is 6.09. The maximum Gasteiger partial charge on any atom is 0.108 e. The smallest absolute Gasteiger partial charge is 0.108 e. The fourth-order valence-corrected chi connectivity index (χ4v) is 1.90. The van der Waals surface area contributed by atoms with Crippen molar-refractivity contribution in [3.8, 4) is 0 Å². The molecule has 2 N–H and O–H groups in total. The molecule has 0 saturated heterocycles. The van der Waals surface area contributed by atoms with Crippen molar-refractivity contribution in [3.05, 3.63) is 28.5 Å². The molecule has 1 heterocycles.